The second-order valence-corrected chi connectivity index (χ2v) is 9.64. The lowest BCUT2D eigenvalue weighted by molar-refractivity contribution is 0.554. The predicted octanol–water partition coefficient (Wildman–Crippen LogP) is 8.96. The molecule has 1 aromatic carbocycles. The van der Waals surface area contributed by atoms with Crippen LogP contribution in [0.25, 0.3) is 17.2 Å². The molecule has 0 saturated carbocycles. The van der Waals surface area contributed by atoms with E-state index in [1.54, 1.807) is 12.1 Å². The highest BCUT2D eigenvalue weighted by molar-refractivity contribution is 5.80. The van der Waals surface area contributed by atoms with Gasteiger partial charge >= 0.3 is 0 Å². The topological polar surface area (TPSA) is 12.9 Å². The van der Waals surface area contributed by atoms with Crippen molar-refractivity contribution in [1.82, 2.24) is 4.98 Å². The molecule has 0 aliphatic heterocycles. The number of hydrogen-bond acceptors (Lipinski definition) is 1. The fraction of sp³-hybridized carbons (Fsp3) is 0.367. The van der Waals surface area contributed by atoms with Crippen molar-refractivity contribution in [2.45, 2.75) is 72.6 Å². The van der Waals surface area contributed by atoms with Crippen molar-refractivity contribution >= 4 is 6.08 Å². The molecule has 0 aliphatic carbocycles. The van der Waals surface area contributed by atoms with Gasteiger partial charge in [0.05, 0.1) is 5.69 Å². The number of rotatable bonds is 8. The van der Waals surface area contributed by atoms with Gasteiger partial charge in [0, 0.05) is 16.7 Å². The molecule has 170 valence electrons. The van der Waals surface area contributed by atoms with Crippen LogP contribution in [0.1, 0.15) is 83.3 Å². The van der Waals surface area contributed by atoms with Crippen LogP contribution in [0.4, 0.5) is 4.39 Å². The van der Waals surface area contributed by atoms with E-state index in [9.17, 15) is 4.39 Å². The number of nitrogens with zero attached hydrogens (tertiary/aromatic N) is 1. The minimum Gasteiger partial charge on any atom is -0.256 e. The molecular formula is C30H38FN. The monoisotopic (exact) mass is 431 g/mol. The van der Waals surface area contributed by atoms with Gasteiger partial charge in [-0.3, -0.25) is 4.98 Å². The smallest absolute Gasteiger partial charge is 0.123 e. The first-order valence-corrected chi connectivity index (χ1v) is 11.5. The Bertz CT molecular complexity index is 1030. The zero-order chi connectivity index (χ0) is 24.1. The van der Waals surface area contributed by atoms with Crippen molar-refractivity contribution in [2.24, 2.45) is 0 Å². The first-order chi connectivity index (χ1) is 15.0. The van der Waals surface area contributed by atoms with Gasteiger partial charge in [-0.15, -0.1) is 0 Å². The SMILES string of the molecule is C=C/C(C)=C(\C=C)CCc1c(C(C)(C)C)nc(C(C)C)c(/C=C/C)c1-c1ccc(F)cc1. The Hall–Kier alpha value is -2.74. The Kier molecular flexibility index (Phi) is 8.55. The maximum atomic E-state index is 13.8. The summed E-state index contributed by atoms with van der Waals surface area (Å²) in [5.74, 6) is 0.0396. The largest absolute Gasteiger partial charge is 0.256 e. The van der Waals surface area contributed by atoms with Crippen LogP contribution in [-0.2, 0) is 11.8 Å². The average Bonchev–Trinajstić information content (AvgIpc) is 2.73. The lowest BCUT2D eigenvalue weighted by atomic mass is 9.80. The van der Waals surface area contributed by atoms with Crippen molar-refractivity contribution in [3.8, 4) is 11.1 Å². The Morgan fingerprint density at radius 3 is 2.19 bits per heavy atom. The van der Waals surface area contributed by atoms with Crippen LogP contribution >= 0.6 is 0 Å². The molecule has 2 aromatic rings. The molecule has 1 heterocycles. The summed E-state index contributed by atoms with van der Waals surface area (Å²) >= 11 is 0. The number of allylic oxidation sites excluding steroid dienone is 5. The highest BCUT2D eigenvalue weighted by Crippen LogP contribution is 2.40. The Morgan fingerprint density at radius 2 is 1.72 bits per heavy atom. The van der Waals surface area contributed by atoms with E-state index in [1.807, 2.05) is 31.2 Å². The summed E-state index contributed by atoms with van der Waals surface area (Å²) in [6.07, 6.45) is 9.68. The van der Waals surface area contributed by atoms with E-state index < -0.39 is 0 Å². The van der Waals surface area contributed by atoms with Gasteiger partial charge in [0.15, 0.2) is 0 Å². The minimum absolute atomic E-state index is 0.131. The van der Waals surface area contributed by atoms with E-state index in [2.05, 4.69) is 66.9 Å². The zero-order valence-corrected chi connectivity index (χ0v) is 20.8. The minimum atomic E-state index is -0.226. The van der Waals surface area contributed by atoms with Crippen LogP contribution in [0.3, 0.4) is 0 Å². The van der Waals surface area contributed by atoms with Crippen molar-refractivity contribution in [2.75, 3.05) is 0 Å². The second-order valence-electron chi connectivity index (χ2n) is 9.64. The lowest BCUT2D eigenvalue weighted by Gasteiger charge is -2.28. The number of halogens is 1. The normalized spacial score (nSPS) is 12.9. The highest BCUT2D eigenvalue weighted by Gasteiger charge is 2.27. The molecule has 0 saturated heterocycles. The fourth-order valence-corrected chi connectivity index (χ4v) is 4.09. The molecular weight excluding hydrogens is 393 g/mol. The molecule has 0 aliphatic rings. The van der Waals surface area contributed by atoms with Gasteiger partial charge < -0.3 is 0 Å². The number of aromatic nitrogens is 1. The highest BCUT2D eigenvalue weighted by atomic mass is 19.1. The predicted molar refractivity (Wildman–Crippen MR) is 139 cm³/mol. The third-order valence-corrected chi connectivity index (χ3v) is 5.79. The quantitative estimate of drug-likeness (QED) is 0.380. The Labute approximate surface area is 194 Å². The van der Waals surface area contributed by atoms with Crippen LogP contribution in [0.2, 0.25) is 0 Å². The summed E-state index contributed by atoms with van der Waals surface area (Å²) in [5.41, 5.74) is 8.91. The Morgan fingerprint density at radius 1 is 1.09 bits per heavy atom. The lowest BCUT2D eigenvalue weighted by Crippen LogP contribution is -2.20. The summed E-state index contributed by atoms with van der Waals surface area (Å²) in [5, 5.41) is 0. The molecule has 0 amide bonds. The van der Waals surface area contributed by atoms with E-state index in [-0.39, 0.29) is 17.2 Å². The van der Waals surface area contributed by atoms with Crippen LogP contribution < -0.4 is 0 Å². The van der Waals surface area contributed by atoms with Gasteiger partial charge in [0.1, 0.15) is 5.82 Å². The molecule has 1 aromatic heterocycles. The number of hydrogen-bond donors (Lipinski definition) is 0. The van der Waals surface area contributed by atoms with E-state index in [1.165, 1.54) is 11.1 Å². The van der Waals surface area contributed by atoms with Gasteiger partial charge in [-0.1, -0.05) is 84.2 Å². The molecule has 0 fully saturated rings. The number of benzene rings is 1. The summed E-state index contributed by atoms with van der Waals surface area (Å²) in [6, 6.07) is 6.86. The van der Waals surface area contributed by atoms with Gasteiger partial charge in [-0.2, -0.15) is 0 Å². The van der Waals surface area contributed by atoms with E-state index in [0.29, 0.717) is 0 Å². The third kappa shape index (κ3) is 5.73. The molecule has 0 radical (unpaired) electrons. The first kappa shape index (κ1) is 25.5. The summed E-state index contributed by atoms with van der Waals surface area (Å²) in [6.45, 7) is 23.0. The molecule has 2 rings (SSSR count). The summed E-state index contributed by atoms with van der Waals surface area (Å²) in [7, 11) is 0. The van der Waals surface area contributed by atoms with Crippen LogP contribution in [0.5, 0.6) is 0 Å². The zero-order valence-electron chi connectivity index (χ0n) is 20.8. The van der Waals surface area contributed by atoms with Crippen molar-refractivity contribution in [3.05, 3.63) is 95.1 Å². The van der Waals surface area contributed by atoms with Gasteiger partial charge in [0.2, 0.25) is 0 Å². The molecule has 0 bridgehead atoms. The van der Waals surface area contributed by atoms with Crippen molar-refractivity contribution in [1.29, 1.82) is 0 Å². The Balaban J connectivity index is 2.94. The van der Waals surface area contributed by atoms with Gasteiger partial charge in [0.25, 0.3) is 0 Å². The standard InChI is InChI=1S/C30H38FN/c1-10-13-25-27(23-14-17-24(31)18-15-23)26(19-16-22(12-3)21(6)11-2)29(30(7,8)9)32-28(25)20(4)5/h10-15,17-18,20H,2-3,16,19H2,1,4-9H3/b13-10+,22-21+. The third-order valence-electron chi connectivity index (χ3n) is 5.79. The molecule has 2 heteroatoms. The van der Waals surface area contributed by atoms with Gasteiger partial charge in [-0.05, 0) is 72.6 Å². The van der Waals surface area contributed by atoms with Crippen LogP contribution in [0.15, 0.2) is 66.8 Å². The van der Waals surface area contributed by atoms with Crippen molar-refractivity contribution in [3.63, 3.8) is 0 Å². The first-order valence-electron chi connectivity index (χ1n) is 11.5. The van der Waals surface area contributed by atoms with Crippen LogP contribution in [-0.4, -0.2) is 4.98 Å². The summed E-state index contributed by atoms with van der Waals surface area (Å²) in [4.78, 5) is 5.25. The van der Waals surface area contributed by atoms with E-state index in [4.69, 9.17) is 4.98 Å². The van der Waals surface area contributed by atoms with Crippen LogP contribution in [0, 0.1) is 5.82 Å². The molecule has 1 nitrogen and oxygen atoms in total. The van der Waals surface area contributed by atoms with Crippen molar-refractivity contribution < 1.29 is 4.39 Å². The maximum absolute atomic E-state index is 13.8. The molecule has 0 spiro atoms. The maximum Gasteiger partial charge on any atom is 0.123 e. The average molecular weight is 432 g/mol. The molecule has 32 heavy (non-hydrogen) atoms. The number of pyridine rings is 1. The molecule has 0 unspecified atom stereocenters. The second kappa shape index (κ2) is 10.7. The molecule has 0 atom stereocenters. The van der Waals surface area contributed by atoms with E-state index >= 15 is 0 Å². The fourth-order valence-electron chi connectivity index (χ4n) is 4.09. The van der Waals surface area contributed by atoms with E-state index in [0.717, 1.165) is 46.5 Å². The molecule has 0 N–H and O–H groups in total. The van der Waals surface area contributed by atoms with Gasteiger partial charge in [-0.25, -0.2) is 4.39 Å². The summed E-state index contributed by atoms with van der Waals surface area (Å²) < 4.78 is 13.8.